The highest BCUT2D eigenvalue weighted by Gasteiger charge is 2.22. The zero-order valence-corrected chi connectivity index (χ0v) is 16.6. The quantitative estimate of drug-likeness (QED) is 0.425. The largest absolute Gasteiger partial charge is 0.244 e. The summed E-state index contributed by atoms with van der Waals surface area (Å²) in [5.41, 5.74) is 1.04. The van der Waals surface area contributed by atoms with Gasteiger partial charge in [-0.05, 0) is 32.0 Å². The van der Waals surface area contributed by atoms with Gasteiger partial charge in [0.05, 0.1) is 11.4 Å². The third-order valence-electron chi connectivity index (χ3n) is 3.30. The molecule has 0 aromatic heterocycles. The number of rotatable bonds is 7. The molecule has 1 aromatic rings. The lowest BCUT2D eigenvalue weighted by atomic mass is 10.2. The maximum absolute atomic E-state index is 12.8. The fourth-order valence-corrected chi connectivity index (χ4v) is 4.07. The Kier molecular flexibility index (Phi) is 7.27. The Morgan fingerprint density at radius 3 is 2.26 bits per heavy atom. The number of hydrogen-bond acceptors (Lipinski definition) is 2. The number of sulfonamides is 1. The van der Waals surface area contributed by atoms with Crippen LogP contribution in [0, 0.1) is 18.8 Å². The van der Waals surface area contributed by atoms with E-state index in [-0.39, 0.29) is 6.54 Å². The molecular weight excluding hydrogens is 322 g/mol. The smallest absolute Gasteiger partial charge is 0.207 e. The van der Waals surface area contributed by atoms with Crippen molar-refractivity contribution in [3.05, 3.63) is 42.0 Å². The molecule has 0 bridgehead atoms. The summed E-state index contributed by atoms with van der Waals surface area (Å²) in [7, 11) is -4.67. The minimum Gasteiger partial charge on any atom is -0.207 e. The number of aryl methyl sites for hydroxylation is 1. The van der Waals surface area contributed by atoms with Crippen LogP contribution in [0.15, 0.2) is 41.3 Å². The SMILES string of the molecule is CC#CCN(C/C=C/C[Si](C)(C)C)S(=O)(=O)c1ccc(C)cc1. The first-order valence-corrected chi connectivity index (χ1v) is 12.9. The molecule has 1 aromatic carbocycles. The molecule has 0 spiro atoms. The topological polar surface area (TPSA) is 37.4 Å². The second kappa shape index (κ2) is 8.49. The number of benzene rings is 1. The van der Waals surface area contributed by atoms with Gasteiger partial charge in [0.25, 0.3) is 0 Å². The normalized spacial score (nSPS) is 12.4. The van der Waals surface area contributed by atoms with Crippen molar-refractivity contribution in [2.75, 3.05) is 13.1 Å². The van der Waals surface area contributed by atoms with Gasteiger partial charge < -0.3 is 0 Å². The summed E-state index contributed by atoms with van der Waals surface area (Å²) >= 11 is 0. The van der Waals surface area contributed by atoms with Crippen LogP contribution in [0.4, 0.5) is 0 Å². The van der Waals surface area contributed by atoms with Crippen molar-refractivity contribution in [2.24, 2.45) is 0 Å². The van der Waals surface area contributed by atoms with E-state index in [0.29, 0.717) is 11.4 Å². The van der Waals surface area contributed by atoms with Crippen LogP contribution < -0.4 is 0 Å². The van der Waals surface area contributed by atoms with Crippen LogP contribution in [-0.2, 0) is 10.0 Å². The summed E-state index contributed by atoms with van der Waals surface area (Å²) in [6.45, 7) is 11.1. The van der Waals surface area contributed by atoms with E-state index < -0.39 is 18.1 Å². The van der Waals surface area contributed by atoms with Gasteiger partial charge in [0.1, 0.15) is 0 Å². The fraction of sp³-hybridized carbons (Fsp3) is 0.444. The fourth-order valence-electron chi connectivity index (χ4n) is 1.90. The van der Waals surface area contributed by atoms with Crippen LogP contribution in [0.3, 0.4) is 0 Å². The molecule has 0 radical (unpaired) electrons. The van der Waals surface area contributed by atoms with E-state index in [2.05, 4.69) is 37.6 Å². The number of nitrogens with zero attached hydrogens (tertiary/aromatic N) is 1. The minimum atomic E-state index is -3.52. The highest BCUT2D eigenvalue weighted by molar-refractivity contribution is 7.89. The molecule has 5 heteroatoms. The van der Waals surface area contributed by atoms with Crippen molar-refractivity contribution in [1.29, 1.82) is 0 Å². The van der Waals surface area contributed by atoms with Gasteiger partial charge >= 0.3 is 0 Å². The Hall–Kier alpha value is -1.35. The van der Waals surface area contributed by atoms with Crippen LogP contribution >= 0.6 is 0 Å². The summed E-state index contributed by atoms with van der Waals surface area (Å²) in [6, 6.07) is 7.99. The summed E-state index contributed by atoms with van der Waals surface area (Å²) in [4.78, 5) is 0.319. The molecule has 0 fully saturated rings. The van der Waals surface area contributed by atoms with E-state index in [9.17, 15) is 8.42 Å². The molecular formula is C18H27NO2SSi. The molecule has 0 atom stereocenters. The summed E-state index contributed by atoms with van der Waals surface area (Å²) in [5, 5.41) is 0. The minimum absolute atomic E-state index is 0.212. The third-order valence-corrected chi connectivity index (χ3v) is 6.58. The van der Waals surface area contributed by atoms with E-state index in [1.165, 1.54) is 4.31 Å². The lowest BCUT2D eigenvalue weighted by Gasteiger charge is -2.19. The molecule has 0 aliphatic rings. The zero-order chi connectivity index (χ0) is 17.5. The average molecular weight is 350 g/mol. The average Bonchev–Trinajstić information content (AvgIpc) is 2.45. The first kappa shape index (κ1) is 19.7. The van der Waals surface area contributed by atoms with Crippen molar-refractivity contribution in [1.82, 2.24) is 4.31 Å². The summed E-state index contributed by atoms with van der Waals surface area (Å²) in [6.07, 6.45) is 4.05. The van der Waals surface area contributed by atoms with E-state index in [4.69, 9.17) is 0 Å². The summed E-state index contributed by atoms with van der Waals surface area (Å²) < 4.78 is 27.0. The van der Waals surface area contributed by atoms with Gasteiger partial charge in [0.2, 0.25) is 10.0 Å². The predicted molar refractivity (Wildman–Crippen MR) is 101 cm³/mol. The van der Waals surface area contributed by atoms with Crippen LogP contribution in [0.5, 0.6) is 0 Å². The highest BCUT2D eigenvalue weighted by atomic mass is 32.2. The Labute approximate surface area is 142 Å². The number of allylic oxidation sites excluding steroid dienone is 1. The van der Waals surface area contributed by atoms with Crippen molar-refractivity contribution < 1.29 is 8.42 Å². The molecule has 0 amide bonds. The van der Waals surface area contributed by atoms with Gasteiger partial charge in [-0.25, -0.2) is 8.42 Å². The maximum Gasteiger partial charge on any atom is 0.244 e. The molecule has 0 unspecified atom stereocenters. The van der Waals surface area contributed by atoms with Gasteiger partial charge in [0, 0.05) is 14.6 Å². The molecule has 1 rings (SSSR count). The molecule has 126 valence electrons. The maximum atomic E-state index is 12.8. The van der Waals surface area contributed by atoms with Gasteiger partial charge in [-0.3, -0.25) is 0 Å². The Bertz CT molecular complexity index is 689. The van der Waals surface area contributed by atoms with Gasteiger partial charge in [-0.1, -0.05) is 55.4 Å². The van der Waals surface area contributed by atoms with Crippen LogP contribution in [0.2, 0.25) is 25.7 Å². The molecule has 0 aliphatic heterocycles. The molecule has 0 saturated carbocycles. The van der Waals surface area contributed by atoms with Gasteiger partial charge in [-0.2, -0.15) is 4.31 Å². The van der Waals surface area contributed by atoms with Gasteiger partial charge in [-0.15, -0.1) is 5.92 Å². The monoisotopic (exact) mass is 349 g/mol. The number of hydrogen-bond donors (Lipinski definition) is 0. The molecule has 0 saturated heterocycles. The van der Waals surface area contributed by atoms with E-state index in [1.807, 2.05) is 25.1 Å². The van der Waals surface area contributed by atoms with Crippen LogP contribution in [0.1, 0.15) is 12.5 Å². The van der Waals surface area contributed by atoms with Crippen LogP contribution in [-0.4, -0.2) is 33.9 Å². The van der Waals surface area contributed by atoms with Crippen molar-refractivity contribution in [3.8, 4) is 11.8 Å². The van der Waals surface area contributed by atoms with E-state index in [1.54, 1.807) is 19.1 Å². The Balaban J connectivity index is 2.95. The molecule has 0 aliphatic carbocycles. The molecule has 23 heavy (non-hydrogen) atoms. The Morgan fingerprint density at radius 1 is 1.13 bits per heavy atom. The Morgan fingerprint density at radius 2 is 1.74 bits per heavy atom. The standard InChI is InChI=1S/C18H27NO2SSi/c1-6-7-14-19(15-8-9-16-23(3,4)5)22(20,21)18-12-10-17(2)11-13-18/h8-13H,14-16H2,1-5H3/b9-8+. The molecule has 0 heterocycles. The van der Waals surface area contributed by atoms with Crippen molar-refractivity contribution >= 4 is 18.1 Å². The van der Waals surface area contributed by atoms with Crippen LogP contribution in [0.25, 0.3) is 0 Å². The zero-order valence-electron chi connectivity index (χ0n) is 14.8. The second-order valence-electron chi connectivity index (χ2n) is 6.77. The lowest BCUT2D eigenvalue weighted by molar-refractivity contribution is 0.478. The summed E-state index contributed by atoms with van der Waals surface area (Å²) in [5.74, 6) is 5.64. The van der Waals surface area contributed by atoms with E-state index >= 15 is 0 Å². The first-order valence-electron chi connectivity index (χ1n) is 7.78. The first-order chi connectivity index (χ1) is 10.7. The highest BCUT2D eigenvalue weighted by Crippen LogP contribution is 2.16. The predicted octanol–water partition coefficient (Wildman–Crippen LogP) is 3.90. The molecule has 0 N–H and O–H groups in total. The van der Waals surface area contributed by atoms with Gasteiger partial charge in [0.15, 0.2) is 0 Å². The second-order valence-corrected chi connectivity index (χ2v) is 14.2. The van der Waals surface area contributed by atoms with Crippen molar-refractivity contribution in [3.63, 3.8) is 0 Å². The third kappa shape index (κ3) is 6.74. The lowest BCUT2D eigenvalue weighted by Crippen LogP contribution is -2.31. The van der Waals surface area contributed by atoms with E-state index in [0.717, 1.165) is 11.6 Å². The molecule has 3 nitrogen and oxygen atoms in total. The van der Waals surface area contributed by atoms with Crippen molar-refractivity contribution in [2.45, 2.75) is 44.4 Å².